The molecule has 2 heterocycles. The molecule has 0 aliphatic rings. The van der Waals surface area contributed by atoms with Crippen molar-refractivity contribution < 1.29 is 4.39 Å². The molecule has 0 bridgehead atoms. The quantitative estimate of drug-likeness (QED) is 0.346. The molecule has 1 unspecified atom stereocenters. The number of nitrogens with one attached hydrogen (secondary N) is 2. The van der Waals surface area contributed by atoms with Gasteiger partial charge < -0.3 is 10.6 Å². The van der Waals surface area contributed by atoms with Gasteiger partial charge in [0.15, 0.2) is 5.96 Å². The van der Waals surface area contributed by atoms with Gasteiger partial charge in [0, 0.05) is 38.6 Å². The average Bonchev–Trinajstić information content (AvgIpc) is 3.52. The highest BCUT2D eigenvalue weighted by atomic mass is 19.1. The molecule has 2 N–H and O–H groups in total. The molecular weight excluding hydrogens is 405 g/mol. The van der Waals surface area contributed by atoms with Crippen LogP contribution in [0.4, 0.5) is 4.39 Å². The van der Waals surface area contributed by atoms with Gasteiger partial charge in [-0.05, 0) is 61.0 Å². The molecule has 2 aromatic heterocycles. The summed E-state index contributed by atoms with van der Waals surface area (Å²) in [6, 6.07) is 18.5. The average molecular weight is 432 g/mol. The Morgan fingerprint density at radius 1 is 1.03 bits per heavy atom. The van der Waals surface area contributed by atoms with Crippen molar-refractivity contribution in [3.63, 3.8) is 0 Å². The lowest BCUT2D eigenvalue weighted by atomic mass is 10.1. The van der Waals surface area contributed by atoms with Gasteiger partial charge in [0.25, 0.3) is 0 Å². The number of aromatic nitrogens is 4. The van der Waals surface area contributed by atoms with E-state index in [0.29, 0.717) is 6.54 Å². The fraction of sp³-hybridized carbons (Fsp3) is 0.208. The van der Waals surface area contributed by atoms with Gasteiger partial charge in [-0.2, -0.15) is 10.2 Å². The van der Waals surface area contributed by atoms with Gasteiger partial charge in [0.2, 0.25) is 0 Å². The Labute approximate surface area is 186 Å². The lowest BCUT2D eigenvalue weighted by molar-refractivity contribution is 0.627. The van der Waals surface area contributed by atoms with Crippen LogP contribution in [0.25, 0.3) is 11.4 Å². The van der Waals surface area contributed by atoms with Crippen molar-refractivity contribution in [2.75, 3.05) is 13.6 Å². The Kier molecular flexibility index (Phi) is 6.60. The van der Waals surface area contributed by atoms with E-state index in [-0.39, 0.29) is 11.9 Å². The molecule has 0 radical (unpaired) electrons. The lowest BCUT2D eigenvalue weighted by Crippen LogP contribution is -2.39. The maximum absolute atomic E-state index is 13.1. The highest BCUT2D eigenvalue weighted by Gasteiger charge is 2.10. The third-order valence-electron chi connectivity index (χ3n) is 5.13. The minimum Gasteiger partial charge on any atom is -0.356 e. The molecule has 0 saturated carbocycles. The van der Waals surface area contributed by atoms with Crippen LogP contribution in [0.2, 0.25) is 0 Å². The number of hydrogen-bond donors (Lipinski definition) is 2. The van der Waals surface area contributed by atoms with Crippen molar-refractivity contribution in [1.29, 1.82) is 0 Å². The zero-order valence-electron chi connectivity index (χ0n) is 18.1. The minimum atomic E-state index is -0.258. The van der Waals surface area contributed by atoms with Crippen LogP contribution in [0.1, 0.15) is 24.2 Å². The van der Waals surface area contributed by atoms with Gasteiger partial charge >= 0.3 is 0 Å². The Morgan fingerprint density at radius 3 is 2.62 bits per heavy atom. The fourth-order valence-electron chi connectivity index (χ4n) is 3.38. The monoisotopic (exact) mass is 431 g/mol. The Balaban J connectivity index is 1.31. The van der Waals surface area contributed by atoms with Crippen LogP contribution in [0.5, 0.6) is 0 Å². The summed E-state index contributed by atoms with van der Waals surface area (Å²) in [4.78, 5) is 4.33. The Morgan fingerprint density at radius 2 is 1.88 bits per heavy atom. The summed E-state index contributed by atoms with van der Waals surface area (Å²) < 4.78 is 16.7. The van der Waals surface area contributed by atoms with E-state index < -0.39 is 0 Å². The maximum Gasteiger partial charge on any atom is 0.191 e. The van der Waals surface area contributed by atoms with Crippen LogP contribution in [-0.2, 0) is 6.42 Å². The number of hydrogen-bond acceptors (Lipinski definition) is 3. The van der Waals surface area contributed by atoms with Gasteiger partial charge in [-0.15, -0.1) is 0 Å². The van der Waals surface area contributed by atoms with Gasteiger partial charge in [-0.3, -0.25) is 4.99 Å². The molecule has 0 aliphatic carbocycles. The second-order valence-corrected chi connectivity index (χ2v) is 7.39. The fourth-order valence-corrected chi connectivity index (χ4v) is 3.38. The summed E-state index contributed by atoms with van der Waals surface area (Å²) in [6.07, 6.45) is 6.31. The summed E-state index contributed by atoms with van der Waals surface area (Å²) in [7, 11) is 1.76. The standard InChI is InChI=1S/C24H26FN7/c1-18(19-5-3-6-23(17-19)31-15-4-13-28-31)29-24(26-2)27-14-11-21-12-16-32(30-21)22-9-7-20(25)8-10-22/h3-10,12-13,15-18H,11,14H2,1-2H3,(H2,26,27,29). The molecule has 0 amide bonds. The van der Waals surface area contributed by atoms with Crippen LogP contribution in [-0.4, -0.2) is 39.1 Å². The summed E-state index contributed by atoms with van der Waals surface area (Å²) in [5, 5.41) is 15.6. The van der Waals surface area contributed by atoms with Crippen molar-refractivity contribution >= 4 is 5.96 Å². The zero-order chi connectivity index (χ0) is 22.3. The first-order chi connectivity index (χ1) is 15.6. The van der Waals surface area contributed by atoms with E-state index in [9.17, 15) is 4.39 Å². The molecule has 1 atom stereocenters. The lowest BCUT2D eigenvalue weighted by Gasteiger charge is -2.19. The number of guanidine groups is 1. The van der Waals surface area contributed by atoms with Crippen molar-refractivity contribution in [3.8, 4) is 11.4 Å². The van der Waals surface area contributed by atoms with Crippen molar-refractivity contribution in [2.24, 2.45) is 4.99 Å². The largest absolute Gasteiger partial charge is 0.356 e. The molecule has 0 fully saturated rings. The van der Waals surface area contributed by atoms with E-state index in [4.69, 9.17) is 0 Å². The topological polar surface area (TPSA) is 72.1 Å². The summed E-state index contributed by atoms with van der Waals surface area (Å²) in [5.41, 5.74) is 3.92. The van der Waals surface area contributed by atoms with E-state index in [2.05, 4.69) is 44.9 Å². The second kappa shape index (κ2) is 9.91. The van der Waals surface area contributed by atoms with E-state index in [1.807, 2.05) is 41.3 Å². The number of nitrogens with zero attached hydrogens (tertiary/aromatic N) is 5. The van der Waals surface area contributed by atoms with Crippen LogP contribution in [0.15, 0.2) is 84.2 Å². The molecule has 2 aromatic carbocycles. The normalized spacial score (nSPS) is 12.5. The van der Waals surface area contributed by atoms with Gasteiger partial charge in [-0.25, -0.2) is 13.8 Å². The van der Waals surface area contributed by atoms with Crippen LogP contribution in [0, 0.1) is 5.82 Å². The molecule has 0 aliphatic heterocycles. The van der Waals surface area contributed by atoms with E-state index in [1.54, 1.807) is 30.1 Å². The summed E-state index contributed by atoms with van der Waals surface area (Å²) >= 11 is 0. The predicted octanol–water partition coefficient (Wildman–Crippen LogP) is 3.67. The Bertz CT molecular complexity index is 1160. The number of benzene rings is 2. The molecule has 4 rings (SSSR count). The van der Waals surface area contributed by atoms with Crippen LogP contribution in [0.3, 0.4) is 0 Å². The molecule has 4 aromatic rings. The summed E-state index contributed by atoms with van der Waals surface area (Å²) in [6.45, 7) is 2.78. The molecule has 0 spiro atoms. The first kappa shape index (κ1) is 21.3. The van der Waals surface area contributed by atoms with Crippen molar-refractivity contribution in [1.82, 2.24) is 30.2 Å². The van der Waals surface area contributed by atoms with Crippen LogP contribution < -0.4 is 10.6 Å². The minimum absolute atomic E-state index is 0.0643. The van der Waals surface area contributed by atoms with Crippen molar-refractivity contribution in [3.05, 3.63) is 96.3 Å². The molecular formula is C24H26FN7. The molecule has 8 heteroatoms. The zero-order valence-corrected chi connectivity index (χ0v) is 18.1. The van der Waals surface area contributed by atoms with E-state index >= 15 is 0 Å². The first-order valence-corrected chi connectivity index (χ1v) is 10.5. The van der Waals surface area contributed by atoms with Gasteiger partial charge in [-0.1, -0.05) is 12.1 Å². The highest BCUT2D eigenvalue weighted by molar-refractivity contribution is 5.80. The van der Waals surface area contributed by atoms with E-state index in [1.165, 1.54) is 12.1 Å². The van der Waals surface area contributed by atoms with Crippen LogP contribution >= 0.6 is 0 Å². The third kappa shape index (κ3) is 5.21. The van der Waals surface area contributed by atoms with Gasteiger partial charge in [0.1, 0.15) is 5.82 Å². The number of aliphatic imine (C=N–C) groups is 1. The van der Waals surface area contributed by atoms with Gasteiger partial charge in [0.05, 0.1) is 23.1 Å². The second-order valence-electron chi connectivity index (χ2n) is 7.39. The maximum atomic E-state index is 13.1. The molecule has 164 valence electrons. The SMILES string of the molecule is CN=C(NCCc1ccn(-c2ccc(F)cc2)n1)NC(C)c1cccc(-n2cccn2)c1. The highest BCUT2D eigenvalue weighted by Crippen LogP contribution is 2.16. The summed E-state index contributed by atoms with van der Waals surface area (Å²) in [5.74, 6) is 0.464. The first-order valence-electron chi connectivity index (χ1n) is 10.5. The molecule has 0 saturated heterocycles. The molecule has 32 heavy (non-hydrogen) atoms. The third-order valence-corrected chi connectivity index (χ3v) is 5.13. The number of rotatable bonds is 7. The Hall–Kier alpha value is -3.94. The molecule has 7 nitrogen and oxygen atoms in total. The van der Waals surface area contributed by atoms with E-state index in [0.717, 1.165) is 35.0 Å². The van der Waals surface area contributed by atoms with Crippen molar-refractivity contribution in [2.45, 2.75) is 19.4 Å². The number of halogens is 1. The predicted molar refractivity (Wildman–Crippen MR) is 124 cm³/mol. The smallest absolute Gasteiger partial charge is 0.191 e.